The SMILES string of the molecule is C=C(C)C(=O)OCCOc1c2cc(CCCCCCC)cc1Cc1cc(CCCCCCC)cc(c1O)Cc1cc(CCCCCCC)cc(c1O)Cc1cc(CCCCCCC)cc(c1O)C2.C=C(C)C(=O)OCCOc1c2cc(CCCCCCC)cc1Cc1cc(CCCCCCC)cc(c1O)Cc1cc(CCCCCCC)cc(c1OCCOC(=O)C(=C)C)Cc1cc(CCCCCCC)cc(c1O)C2. The van der Waals surface area contributed by atoms with Crippen LogP contribution in [0.1, 0.15) is 467 Å². The molecule has 0 atom stereocenters. The van der Waals surface area contributed by atoms with Gasteiger partial charge in [-0.05, 0) is 257 Å². The number of aryl methyl sites for hydroxylation is 8. The van der Waals surface area contributed by atoms with Crippen molar-refractivity contribution in [2.75, 3.05) is 39.6 Å². The number of hydrogen-bond donors (Lipinski definition) is 5. The third-order valence-electron chi connectivity index (χ3n) is 28.9. The van der Waals surface area contributed by atoms with Crippen LogP contribution in [0.2, 0.25) is 0 Å². The molecule has 5 N–H and O–H groups in total. The number of carbonyl (C=O) groups excluding carboxylic acids is 3. The van der Waals surface area contributed by atoms with Crippen molar-refractivity contribution in [2.24, 2.45) is 0 Å². The molecule has 788 valence electrons. The highest BCUT2D eigenvalue weighted by atomic mass is 16.6. The molecule has 10 rings (SSSR count). The average Bonchev–Trinajstić information content (AvgIpc) is 0.705. The summed E-state index contributed by atoms with van der Waals surface area (Å²) < 4.78 is 37.1. The van der Waals surface area contributed by atoms with Gasteiger partial charge in [0.05, 0.1) is 0 Å². The third kappa shape index (κ3) is 39.5. The van der Waals surface area contributed by atoms with Crippen LogP contribution in [0.3, 0.4) is 0 Å². The number of phenols is 5. The minimum atomic E-state index is -0.458. The largest absolute Gasteiger partial charge is 0.507 e. The van der Waals surface area contributed by atoms with Gasteiger partial charge in [-0.15, -0.1) is 0 Å². The van der Waals surface area contributed by atoms with E-state index in [9.17, 15) is 39.9 Å². The molecule has 0 aromatic heterocycles. The first kappa shape index (κ1) is 117. The van der Waals surface area contributed by atoms with Crippen molar-refractivity contribution in [1.29, 1.82) is 0 Å². The van der Waals surface area contributed by atoms with Crippen molar-refractivity contribution < 1.29 is 68.3 Å². The predicted octanol–water partition coefficient (Wildman–Crippen LogP) is 32.9. The number of aromatic hydroxyl groups is 5. The minimum absolute atomic E-state index is 0.0504. The molecule has 0 aliphatic heterocycles. The molecule has 0 unspecified atom stereocenters. The van der Waals surface area contributed by atoms with Crippen LogP contribution < -0.4 is 14.2 Å². The summed E-state index contributed by atoms with van der Waals surface area (Å²) in [5, 5.41) is 62.7. The Bertz CT molecular complexity index is 4940. The second-order valence-corrected chi connectivity index (χ2v) is 42.1. The summed E-state index contributed by atoms with van der Waals surface area (Å²) in [6.45, 7) is 34.8. The molecule has 2 aliphatic carbocycles. The van der Waals surface area contributed by atoms with Gasteiger partial charge in [-0.1, -0.05) is 378 Å². The first-order valence-corrected chi connectivity index (χ1v) is 56.9. The van der Waals surface area contributed by atoms with E-state index in [4.69, 9.17) is 28.4 Å². The van der Waals surface area contributed by atoms with E-state index in [2.05, 4.69) is 172 Å². The summed E-state index contributed by atoms with van der Waals surface area (Å²) >= 11 is 0. The van der Waals surface area contributed by atoms with Crippen LogP contribution in [-0.4, -0.2) is 83.1 Å². The highest BCUT2D eigenvalue weighted by molar-refractivity contribution is 5.88. The molecule has 8 aromatic rings. The second-order valence-electron chi connectivity index (χ2n) is 42.1. The zero-order chi connectivity index (χ0) is 103. The van der Waals surface area contributed by atoms with Crippen LogP contribution in [0.25, 0.3) is 0 Å². The smallest absolute Gasteiger partial charge is 0.333 e. The zero-order valence-corrected chi connectivity index (χ0v) is 91.1. The summed E-state index contributed by atoms with van der Waals surface area (Å²) in [5.74, 6) is 2.03. The molecule has 0 heterocycles. The van der Waals surface area contributed by atoms with Gasteiger partial charge < -0.3 is 54.0 Å². The van der Waals surface area contributed by atoms with Gasteiger partial charge in [0, 0.05) is 68.1 Å². The monoisotopic (exact) mass is 1970 g/mol. The van der Waals surface area contributed by atoms with Gasteiger partial charge in [0.2, 0.25) is 0 Å². The van der Waals surface area contributed by atoms with Gasteiger partial charge in [-0.2, -0.15) is 0 Å². The average molecular weight is 1970 g/mol. The quantitative estimate of drug-likeness (QED) is 0.0104. The number of rotatable bonds is 63. The summed E-state index contributed by atoms with van der Waals surface area (Å²) in [7, 11) is 0. The van der Waals surface area contributed by atoms with Crippen LogP contribution in [-0.2, 0) is 131 Å². The molecular formula is C130H184O14. The summed E-state index contributed by atoms with van der Waals surface area (Å²) in [6.07, 6.45) is 57.2. The summed E-state index contributed by atoms with van der Waals surface area (Å²) in [6, 6.07) is 35.4. The Morgan fingerprint density at radius 2 is 0.326 bits per heavy atom. The van der Waals surface area contributed by atoms with E-state index in [-0.39, 0.29) is 68.4 Å². The fourth-order valence-electron chi connectivity index (χ4n) is 20.8. The van der Waals surface area contributed by atoms with Crippen LogP contribution >= 0.6 is 0 Å². The van der Waals surface area contributed by atoms with Crippen molar-refractivity contribution in [1.82, 2.24) is 0 Å². The van der Waals surface area contributed by atoms with Crippen LogP contribution in [0.15, 0.2) is 134 Å². The molecule has 0 amide bonds. The number of phenolic OH excluding ortho intramolecular Hbond substituents is 5. The first-order valence-electron chi connectivity index (χ1n) is 56.9. The van der Waals surface area contributed by atoms with Crippen molar-refractivity contribution in [3.05, 3.63) is 267 Å². The van der Waals surface area contributed by atoms with Gasteiger partial charge in [-0.25, -0.2) is 14.4 Å². The molecule has 2 aliphatic rings. The standard InChI is InChI=1S/C68H96O8.C62H88O6/c1-9-13-17-21-25-29-51-37-55-45-59-41-53(31-27-23-19-15-11-3)43-61(65(59)73-33-35-75-67(71)49(5)6)47-57-39-52(30-26-22-18-14-10-2)40-58(64(57)70)48-62-44-54(32-28-24-20-16-12-4)42-60(46-56(38-51)63(55)69)66(62)74-34-36-76-68(72)50(7)8;1-7-11-15-19-23-27-46-33-50-41-52-35-47(28-24-20-16-12-8-2)37-54(59(52)64)43-56-39-49(30-26-22-18-14-10-4)40-57(61(56)67-31-32-68-62(66)45(5)6)44-55-38-48(29-25-21-17-13-9-3)36-53(60(55)65)42-51(34-46)58(50)63/h37-44,69-70H,5,7,9-36,45-48H2,1-4,6,8H3;33-40,63-65H,5,7-32,41-44H2,1-4,6H3. The van der Waals surface area contributed by atoms with E-state index in [0.29, 0.717) is 85.3 Å². The number of carbonyl (C=O) groups is 3. The molecule has 0 fully saturated rings. The Hall–Kier alpha value is -10.2. The number of benzene rings is 8. The third-order valence-corrected chi connectivity index (χ3v) is 28.9. The maximum absolute atomic E-state index is 12.8. The van der Waals surface area contributed by atoms with E-state index >= 15 is 0 Å². The van der Waals surface area contributed by atoms with Gasteiger partial charge in [-0.3, -0.25) is 0 Å². The maximum atomic E-state index is 12.8. The molecule has 8 aromatic carbocycles. The number of esters is 3. The Balaban J connectivity index is 0.000000323. The Morgan fingerprint density at radius 1 is 0.201 bits per heavy atom. The van der Waals surface area contributed by atoms with Crippen molar-refractivity contribution in [3.8, 4) is 46.0 Å². The predicted molar refractivity (Wildman–Crippen MR) is 596 cm³/mol. The maximum Gasteiger partial charge on any atom is 0.333 e. The van der Waals surface area contributed by atoms with Crippen LogP contribution in [0.5, 0.6) is 46.0 Å². The minimum Gasteiger partial charge on any atom is -0.507 e. The van der Waals surface area contributed by atoms with Crippen molar-refractivity contribution >= 4 is 17.9 Å². The fraction of sp³-hybridized carbons (Fsp3) is 0.562. The van der Waals surface area contributed by atoms with Crippen molar-refractivity contribution in [2.45, 2.75) is 436 Å². The van der Waals surface area contributed by atoms with E-state index < -0.39 is 17.9 Å². The normalized spacial score (nSPS) is 12.2. The lowest BCUT2D eigenvalue weighted by Gasteiger charge is -2.23. The molecule has 16 bridgehead atoms. The van der Waals surface area contributed by atoms with Gasteiger partial charge in [0.25, 0.3) is 0 Å². The highest BCUT2D eigenvalue weighted by Crippen LogP contribution is 2.45. The van der Waals surface area contributed by atoms with E-state index in [1.165, 1.54) is 205 Å². The molecule has 144 heavy (non-hydrogen) atoms. The second kappa shape index (κ2) is 65.4. The lowest BCUT2D eigenvalue weighted by molar-refractivity contribution is -0.140. The van der Waals surface area contributed by atoms with Crippen LogP contribution in [0.4, 0.5) is 0 Å². The number of ether oxygens (including phenoxy) is 6. The molecule has 14 nitrogen and oxygen atoms in total. The van der Waals surface area contributed by atoms with Crippen molar-refractivity contribution in [3.63, 3.8) is 0 Å². The molecule has 0 spiro atoms. The lowest BCUT2D eigenvalue weighted by Crippen LogP contribution is -2.15. The Morgan fingerprint density at radius 3 is 0.458 bits per heavy atom. The highest BCUT2D eigenvalue weighted by Gasteiger charge is 2.29. The van der Waals surface area contributed by atoms with Crippen LogP contribution in [0, 0.1) is 0 Å². The lowest BCUT2D eigenvalue weighted by atomic mass is 9.87. The Kier molecular flexibility index (Phi) is 53.3. The molecule has 14 heteroatoms. The first-order chi connectivity index (χ1) is 69.9. The summed E-state index contributed by atoms with van der Waals surface area (Å²) in [4.78, 5) is 37.6. The molecule has 0 radical (unpaired) electrons. The fourth-order valence-corrected chi connectivity index (χ4v) is 20.8. The topological polar surface area (TPSA) is 208 Å². The van der Waals surface area contributed by atoms with E-state index in [1.807, 2.05) is 0 Å². The van der Waals surface area contributed by atoms with E-state index in [0.717, 1.165) is 237 Å². The number of fused-ring (bicyclic) bond motifs is 16. The molecule has 0 saturated heterocycles. The molecular weight excluding hydrogens is 1790 g/mol. The molecule has 0 saturated carbocycles. The van der Waals surface area contributed by atoms with Gasteiger partial charge >= 0.3 is 17.9 Å². The number of hydrogen-bond acceptors (Lipinski definition) is 14. The Labute approximate surface area is 869 Å². The van der Waals surface area contributed by atoms with Gasteiger partial charge in [0.15, 0.2) is 0 Å². The van der Waals surface area contributed by atoms with Gasteiger partial charge in [0.1, 0.15) is 85.6 Å². The number of unbranched alkanes of at least 4 members (excludes halogenated alkanes) is 32. The zero-order valence-electron chi connectivity index (χ0n) is 91.1. The van der Waals surface area contributed by atoms with E-state index in [1.54, 1.807) is 20.8 Å². The summed E-state index contributed by atoms with van der Waals surface area (Å²) in [5.41, 5.74) is 24.6.